The first-order chi connectivity index (χ1) is 13.5. The van der Waals surface area contributed by atoms with Gasteiger partial charge in [-0.3, -0.25) is 4.99 Å². The molecule has 0 spiro atoms. The molecule has 0 atom stereocenters. The molecule has 1 aromatic rings. The summed E-state index contributed by atoms with van der Waals surface area (Å²) in [7, 11) is 8.89. The predicted molar refractivity (Wildman–Crippen MR) is 130 cm³/mol. The molecule has 0 amide bonds. The Morgan fingerprint density at radius 2 is 1.72 bits per heavy atom. The van der Waals surface area contributed by atoms with Crippen molar-refractivity contribution in [3.05, 3.63) is 17.7 Å². The number of rotatable bonds is 8. The molecular formula is C22H38IN3O3. The predicted octanol–water partition coefficient (Wildman–Crippen LogP) is 4.21. The van der Waals surface area contributed by atoms with Crippen LogP contribution in [0.3, 0.4) is 0 Å². The zero-order valence-corrected chi connectivity index (χ0v) is 21.1. The highest BCUT2D eigenvalue weighted by molar-refractivity contribution is 14.0. The van der Waals surface area contributed by atoms with Crippen molar-refractivity contribution in [3.8, 4) is 17.2 Å². The summed E-state index contributed by atoms with van der Waals surface area (Å²) in [6.45, 7) is 4.19. The Morgan fingerprint density at radius 3 is 2.28 bits per heavy atom. The normalized spacial score (nSPS) is 19.2. The van der Waals surface area contributed by atoms with Gasteiger partial charge in [-0.05, 0) is 37.2 Å². The van der Waals surface area contributed by atoms with Crippen LogP contribution >= 0.6 is 24.0 Å². The highest BCUT2D eigenvalue weighted by Gasteiger charge is 2.21. The minimum absolute atomic E-state index is 0. The van der Waals surface area contributed by atoms with Gasteiger partial charge in [0.05, 0.1) is 21.3 Å². The molecule has 1 aromatic carbocycles. The lowest BCUT2D eigenvalue weighted by Crippen LogP contribution is -2.42. The van der Waals surface area contributed by atoms with Crippen LogP contribution in [0.5, 0.6) is 17.2 Å². The number of nitrogens with one attached hydrogen (secondary N) is 1. The molecule has 0 unspecified atom stereocenters. The third-order valence-electron chi connectivity index (χ3n) is 5.70. The zero-order chi connectivity index (χ0) is 20.5. The lowest BCUT2D eigenvalue weighted by molar-refractivity contribution is 0.250. The van der Waals surface area contributed by atoms with E-state index in [0.29, 0.717) is 11.5 Å². The molecule has 0 aliphatic heterocycles. The maximum Gasteiger partial charge on any atom is 0.203 e. The van der Waals surface area contributed by atoms with Crippen LogP contribution in [0.15, 0.2) is 17.1 Å². The molecule has 0 radical (unpaired) electrons. The maximum atomic E-state index is 5.58. The average molecular weight is 519 g/mol. The molecule has 0 saturated heterocycles. The number of aliphatic imine (C=N–C) groups is 1. The van der Waals surface area contributed by atoms with Crippen molar-refractivity contribution in [2.45, 2.75) is 39.0 Å². The highest BCUT2D eigenvalue weighted by Crippen LogP contribution is 2.39. The second-order valence-corrected chi connectivity index (χ2v) is 7.72. The van der Waals surface area contributed by atoms with Gasteiger partial charge in [-0.15, -0.1) is 24.0 Å². The van der Waals surface area contributed by atoms with Crippen molar-refractivity contribution >= 4 is 29.9 Å². The Bertz CT molecular complexity index is 646. The number of benzene rings is 1. The maximum absolute atomic E-state index is 5.58. The lowest BCUT2D eigenvalue weighted by Gasteiger charge is -2.31. The van der Waals surface area contributed by atoms with Crippen LogP contribution in [0.4, 0.5) is 0 Å². The molecule has 7 heteroatoms. The summed E-state index contributed by atoms with van der Waals surface area (Å²) >= 11 is 0. The second kappa shape index (κ2) is 13.0. The van der Waals surface area contributed by atoms with E-state index >= 15 is 0 Å². The average Bonchev–Trinajstić information content (AvgIpc) is 2.71. The number of ether oxygens (including phenoxy) is 3. The van der Waals surface area contributed by atoms with Crippen LogP contribution in [0.2, 0.25) is 0 Å². The molecule has 1 saturated carbocycles. The van der Waals surface area contributed by atoms with Gasteiger partial charge in [0.25, 0.3) is 0 Å². The lowest BCUT2D eigenvalue weighted by atomic mass is 9.83. The minimum Gasteiger partial charge on any atom is -0.493 e. The standard InChI is InChI=1S/C22H37N3O3.HI/c1-16-7-9-17(10-8-16)15-25(3)22(23-2)24-14-13-18-11-12-19(26-4)21(28-6)20(18)27-5;/h11-12,16-17H,7-10,13-15H2,1-6H3,(H,23,24);1H. The van der Waals surface area contributed by atoms with Crippen molar-refractivity contribution in [3.63, 3.8) is 0 Å². The Labute approximate surface area is 193 Å². The summed E-state index contributed by atoms with van der Waals surface area (Å²) in [6, 6.07) is 3.94. The first kappa shape index (κ1) is 25.7. The van der Waals surface area contributed by atoms with E-state index in [9.17, 15) is 0 Å². The van der Waals surface area contributed by atoms with Gasteiger partial charge in [0.1, 0.15) is 0 Å². The van der Waals surface area contributed by atoms with Gasteiger partial charge < -0.3 is 24.4 Å². The number of halogens is 1. The fourth-order valence-electron chi connectivity index (χ4n) is 4.04. The van der Waals surface area contributed by atoms with E-state index in [0.717, 1.165) is 48.6 Å². The van der Waals surface area contributed by atoms with Crippen molar-refractivity contribution in [1.29, 1.82) is 0 Å². The molecule has 0 heterocycles. The molecule has 1 aliphatic rings. The summed E-state index contributed by atoms with van der Waals surface area (Å²) in [6.07, 6.45) is 6.15. The topological polar surface area (TPSA) is 55.3 Å². The Balaban J connectivity index is 0.00000420. The Kier molecular flexibility index (Phi) is 11.5. The van der Waals surface area contributed by atoms with Crippen LogP contribution in [0, 0.1) is 11.8 Å². The third kappa shape index (κ3) is 7.12. The van der Waals surface area contributed by atoms with Crippen LogP contribution in [-0.4, -0.2) is 59.4 Å². The van der Waals surface area contributed by atoms with E-state index in [2.05, 4.69) is 29.2 Å². The van der Waals surface area contributed by atoms with Crippen LogP contribution in [-0.2, 0) is 6.42 Å². The van der Waals surface area contributed by atoms with E-state index in [-0.39, 0.29) is 24.0 Å². The Morgan fingerprint density at radius 1 is 1.07 bits per heavy atom. The van der Waals surface area contributed by atoms with E-state index in [1.54, 1.807) is 21.3 Å². The zero-order valence-electron chi connectivity index (χ0n) is 18.8. The second-order valence-electron chi connectivity index (χ2n) is 7.72. The monoisotopic (exact) mass is 519 g/mol. The van der Waals surface area contributed by atoms with Gasteiger partial charge in [0.15, 0.2) is 17.5 Å². The largest absolute Gasteiger partial charge is 0.493 e. The molecule has 1 N–H and O–H groups in total. The SMILES string of the molecule is CN=C(NCCc1ccc(OC)c(OC)c1OC)N(C)CC1CCC(C)CC1.I. The van der Waals surface area contributed by atoms with Gasteiger partial charge in [-0.25, -0.2) is 0 Å². The summed E-state index contributed by atoms with van der Waals surface area (Å²) in [5, 5.41) is 3.48. The summed E-state index contributed by atoms with van der Waals surface area (Å²) < 4.78 is 16.4. The number of nitrogens with zero attached hydrogens (tertiary/aromatic N) is 2. The van der Waals surface area contributed by atoms with Gasteiger partial charge in [0, 0.05) is 32.7 Å². The van der Waals surface area contributed by atoms with Crippen LogP contribution in [0.25, 0.3) is 0 Å². The summed E-state index contributed by atoms with van der Waals surface area (Å²) in [5.41, 5.74) is 1.08. The minimum atomic E-state index is 0. The molecule has 2 rings (SSSR count). The van der Waals surface area contributed by atoms with Crippen molar-refractivity contribution in [1.82, 2.24) is 10.2 Å². The van der Waals surface area contributed by atoms with E-state index < -0.39 is 0 Å². The highest BCUT2D eigenvalue weighted by atomic mass is 127. The molecule has 29 heavy (non-hydrogen) atoms. The number of hydrogen-bond acceptors (Lipinski definition) is 4. The fraction of sp³-hybridized carbons (Fsp3) is 0.682. The number of hydrogen-bond donors (Lipinski definition) is 1. The van der Waals surface area contributed by atoms with Crippen molar-refractivity contribution in [2.75, 3.05) is 48.5 Å². The first-order valence-electron chi connectivity index (χ1n) is 10.2. The summed E-state index contributed by atoms with van der Waals surface area (Å²) in [4.78, 5) is 6.72. The van der Waals surface area contributed by atoms with Crippen molar-refractivity contribution < 1.29 is 14.2 Å². The van der Waals surface area contributed by atoms with Gasteiger partial charge in [-0.1, -0.05) is 25.8 Å². The van der Waals surface area contributed by atoms with Gasteiger partial charge in [0.2, 0.25) is 5.75 Å². The quantitative estimate of drug-likeness (QED) is 0.317. The third-order valence-corrected chi connectivity index (χ3v) is 5.70. The van der Waals surface area contributed by atoms with E-state index in [1.165, 1.54) is 25.7 Å². The van der Waals surface area contributed by atoms with E-state index in [1.807, 2.05) is 19.2 Å². The van der Waals surface area contributed by atoms with Crippen LogP contribution in [0.1, 0.15) is 38.2 Å². The molecule has 166 valence electrons. The summed E-state index contributed by atoms with van der Waals surface area (Å²) in [5.74, 6) is 4.63. The fourth-order valence-corrected chi connectivity index (χ4v) is 4.04. The van der Waals surface area contributed by atoms with Gasteiger partial charge in [-0.2, -0.15) is 0 Å². The van der Waals surface area contributed by atoms with Gasteiger partial charge >= 0.3 is 0 Å². The smallest absolute Gasteiger partial charge is 0.203 e. The van der Waals surface area contributed by atoms with Crippen LogP contribution < -0.4 is 19.5 Å². The molecule has 0 bridgehead atoms. The molecule has 1 aliphatic carbocycles. The molecular weight excluding hydrogens is 481 g/mol. The molecule has 0 aromatic heterocycles. The molecule has 1 fully saturated rings. The van der Waals surface area contributed by atoms with Crippen molar-refractivity contribution in [2.24, 2.45) is 16.8 Å². The van der Waals surface area contributed by atoms with E-state index in [4.69, 9.17) is 14.2 Å². The molecule has 6 nitrogen and oxygen atoms in total. The number of methoxy groups -OCH3 is 3. The Hall–Kier alpha value is -1.38. The first-order valence-corrected chi connectivity index (χ1v) is 10.2. The number of guanidine groups is 1.